The van der Waals surface area contributed by atoms with Gasteiger partial charge in [0.25, 0.3) is 0 Å². The zero-order valence-corrected chi connectivity index (χ0v) is 13.8. The molecule has 0 fully saturated rings. The molecule has 1 N–H and O–H groups in total. The smallest absolute Gasteiger partial charge is 0.119 e. The highest BCUT2D eigenvalue weighted by Gasteiger charge is 2.17. The largest absolute Gasteiger partial charge is 0.497 e. The van der Waals surface area contributed by atoms with Crippen LogP contribution in [0.3, 0.4) is 0 Å². The Kier molecular flexibility index (Phi) is 8.61. The first kappa shape index (κ1) is 18.5. The van der Waals surface area contributed by atoms with Crippen molar-refractivity contribution in [2.75, 3.05) is 26.9 Å². The van der Waals surface area contributed by atoms with Gasteiger partial charge in [-0.1, -0.05) is 25.0 Å². The predicted octanol–water partition coefficient (Wildman–Crippen LogP) is 2.31. The third-order valence-corrected chi connectivity index (χ3v) is 3.67. The molecule has 0 radical (unpaired) electrons. The summed E-state index contributed by atoms with van der Waals surface area (Å²) in [6, 6.07) is 8.37. The minimum atomic E-state index is -0.548. The van der Waals surface area contributed by atoms with E-state index in [1.54, 1.807) is 7.11 Å². The van der Waals surface area contributed by atoms with E-state index in [-0.39, 0.29) is 13.2 Å². The van der Waals surface area contributed by atoms with Gasteiger partial charge in [0.1, 0.15) is 12.4 Å². The number of nitrogens with zero attached hydrogens (tertiary/aromatic N) is 1. The van der Waals surface area contributed by atoms with Gasteiger partial charge in [0, 0.05) is 19.1 Å². The van der Waals surface area contributed by atoms with Gasteiger partial charge < -0.3 is 14.6 Å². The van der Waals surface area contributed by atoms with Crippen molar-refractivity contribution in [3.8, 4) is 18.1 Å². The van der Waals surface area contributed by atoms with E-state index in [4.69, 9.17) is 15.9 Å². The fourth-order valence-electron chi connectivity index (χ4n) is 2.24. The van der Waals surface area contributed by atoms with E-state index in [0.29, 0.717) is 12.6 Å². The van der Waals surface area contributed by atoms with Crippen LogP contribution >= 0.6 is 0 Å². The van der Waals surface area contributed by atoms with E-state index < -0.39 is 6.10 Å². The zero-order valence-electron chi connectivity index (χ0n) is 13.8. The molecular weight excluding hydrogens is 278 g/mol. The SMILES string of the molecule is C#CCOC[C@@H](O)CN(Cc1cccc(OC)c1)[C@H](C)CC. The van der Waals surface area contributed by atoms with Crippen molar-refractivity contribution in [3.63, 3.8) is 0 Å². The topological polar surface area (TPSA) is 41.9 Å². The van der Waals surface area contributed by atoms with Gasteiger partial charge in [0.15, 0.2) is 0 Å². The number of methoxy groups -OCH3 is 1. The quantitative estimate of drug-likeness (QED) is 0.532. The molecule has 0 aromatic heterocycles. The zero-order chi connectivity index (χ0) is 16.4. The molecule has 2 atom stereocenters. The van der Waals surface area contributed by atoms with Crippen molar-refractivity contribution in [2.24, 2.45) is 0 Å². The normalized spacial score (nSPS) is 13.6. The fourth-order valence-corrected chi connectivity index (χ4v) is 2.24. The van der Waals surface area contributed by atoms with Gasteiger partial charge in [-0.05, 0) is 31.0 Å². The maximum Gasteiger partial charge on any atom is 0.119 e. The lowest BCUT2D eigenvalue weighted by Gasteiger charge is -2.30. The lowest BCUT2D eigenvalue weighted by atomic mass is 10.1. The maximum atomic E-state index is 10.1. The second-order valence-corrected chi connectivity index (χ2v) is 5.41. The van der Waals surface area contributed by atoms with E-state index in [1.807, 2.05) is 18.2 Å². The summed E-state index contributed by atoms with van der Waals surface area (Å²) in [6.45, 7) is 6.11. The Morgan fingerprint density at radius 1 is 1.41 bits per heavy atom. The monoisotopic (exact) mass is 305 g/mol. The van der Waals surface area contributed by atoms with Crippen LogP contribution in [0.4, 0.5) is 0 Å². The number of aliphatic hydroxyl groups is 1. The average molecular weight is 305 g/mol. The number of benzene rings is 1. The number of hydrogen-bond donors (Lipinski definition) is 1. The van der Waals surface area contributed by atoms with Crippen LogP contribution in [0.15, 0.2) is 24.3 Å². The Balaban J connectivity index is 2.65. The first-order chi connectivity index (χ1) is 10.6. The first-order valence-corrected chi connectivity index (χ1v) is 7.66. The van der Waals surface area contributed by atoms with Gasteiger partial charge in [-0.15, -0.1) is 6.42 Å². The Bertz CT molecular complexity index is 470. The van der Waals surface area contributed by atoms with Crippen molar-refractivity contribution in [2.45, 2.75) is 39.0 Å². The fraction of sp³-hybridized carbons (Fsp3) is 0.556. The molecule has 122 valence electrons. The van der Waals surface area contributed by atoms with Crippen LogP contribution in [0.1, 0.15) is 25.8 Å². The Hall–Kier alpha value is -1.54. The van der Waals surface area contributed by atoms with Gasteiger partial charge >= 0.3 is 0 Å². The maximum absolute atomic E-state index is 10.1. The van der Waals surface area contributed by atoms with Crippen LogP contribution < -0.4 is 4.74 Å². The molecule has 1 aromatic rings. The highest BCUT2D eigenvalue weighted by atomic mass is 16.5. The minimum absolute atomic E-state index is 0.232. The van der Waals surface area contributed by atoms with Crippen molar-refractivity contribution < 1.29 is 14.6 Å². The van der Waals surface area contributed by atoms with Gasteiger partial charge in [-0.3, -0.25) is 4.90 Å². The van der Waals surface area contributed by atoms with E-state index in [1.165, 1.54) is 0 Å². The molecule has 0 heterocycles. The molecule has 0 aliphatic carbocycles. The molecule has 0 spiro atoms. The highest BCUT2D eigenvalue weighted by molar-refractivity contribution is 5.28. The standard InChI is InChI=1S/C18H27NO3/c1-5-10-22-14-17(20)13-19(15(3)6-2)12-16-8-7-9-18(11-16)21-4/h1,7-9,11,15,17,20H,6,10,12-14H2,2-4H3/t15-,17+/m1/s1. The third kappa shape index (κ3) is 6.48. The molecule has 1 aromatic carbocycles. The second-order valence-electron chi connectivity index (χ2n) is 5.41. The summed E-state index contributed by atoms with van der Waals surface area (Å²) >= 11 is 0. The van der Waals surface area contributed by atoms with Gasteiger partial charge in [-0.2, -0.15) is 0 Å². The van der Waals surface area contributed by atoms with Crippen molar-refractivity contribution in [1.82, 2.24) is 4.90 Å². The minimum Gasteiger partial charge on any atom is -0.497 e. The molecule has 1 rings (SSSR count). The summed E-state index contributed by atoms with van der Waals surface area (Å²) in [4.78, 5) is 2.25. The Morgan fingerprint density at radius 2 is 2.18 bits per heavy atom. The molecule has 0 unspecified atom stereocenters. The summed E-state index contributed by atoms with van der Waals surface area (Å²) in [7, 11) is 1.66. The second kappa shape index (κ2) is 10.2. The molecule has 0 saturated heterocycles. The first-order valence-electron chi connectivity index (χ1n) is 7.66. The van der Waals surface area contributed by atoms with Crippen LogP contribution in [0.25, 0.3) is 0 Å². The van der Waals surface area contributed by atoms with E-state index >= 15 is 0 Å². The van der Waals surface area contributed by atoms with Crippen molar-refractivity contribution in [3.05, 3.63) is 29.8 Å². The van der Waals surface area contributed by atoms with Crippen LogP contribution in [0, 0.1) is 12.3 Å². The molecule has 0 aliphatic rings. The lowest BCUT2D eigenvalue weighted by molar-refractivity contribution is 0.0170. The molecule has 4 nitrogen and oxygen atoms in total. The van der Waals surface area contributed by atoms with Crippen LogP contribution in [0.5, 0.6) is 5.75 Å². The summed E-state index contributed by atoms with van der Waals surface area (Å²) < 4.78 is 10.5. The van der Waals surface area contributed by atoms with E-state index in [9.17, 15) is 5.11 Å². The third-order valence-electron chi connectivity index (χ3n) is 3.67. The van der Waals surface area contributed by atoms with Crippen LogP contribution in [0.2, 0.25) is 0 Å². The summed E-state index contributed by atoms with van der Waals surface area (Å²) in [6.07, 6.45) is 5.60. The van der Waals surface area contributed by atoms with Crippen molar-refractivity contribution in [1.29, 1.82) is 0 Å². The average Bonchev–Trinajstić information content (AvgIpc) is 2.54. The van der Waals surface area contributed by atoms with Gasteiger partial charge in [0.2, 0.25) is 0 Å². The predicted molar refractivity (Wildman–Crippen MR) is 88.8 cm³/mol. The number of terminal acetylenes is 1. The van der Waals surface area contributed by atoms with E-state index in [0.717, 1.165) is 24.3 Å². The Labute approximate surface area is 134 Å². The number of rotatable bonds is 10. The molecule has 4 heteroatoms. The van der Waals surface area contributed by atoms with Crippen LogP contribution in [-0.4, -0.2) is 49.0 Å². The van der Waals surface area contributed by atoms with Gasteiger partial charge in [0.05, 0.1) is 19.8 Å². The van der Waals surface area contributed by atoms with Crippen molar-refractivity contribution >= 4 is 0 Å². The highest BCUT2D eigenvalue weighted by Crippen LogP contribution is 2.16. The molecular formula is C18H27NO3. The molecule has 0 amide bonds. The molecule has 0 bridgehead atoms. The van der Waals surface area contributed by atoms with E-state index in [2.05, 4.69) is 30.7 Å². The Morgan fingerprint density at radius 3 is 2.82 bits per heavy atom. The molecule has 22 heavy (non-hydrogen) atoms. The lowest BCUT2D eigenvalue weighted by Crippen LogP contribution is -2.39. The van der Waals surface area contributed by atoms with Gasteiger partial charge in [-0.25, -0.2) is 0 Å². The molecule has 0 aliphatic heterocycles. The number of aliphatic hydroxyl groups excluding tert-OH is 1. The molecule has 0 saturated carbocycles. The summed E-state index contributed by atoms with van der Waals surface area (Å²) in [5, 5.41) is 10.1. The number of ether oxygens (including phenoxy) is 2. The summed E-state index contributed by atoms with van der Waals surface area (Å²) in [5.74, 6) is 3.25. The number of hydrogen-bond acceptors (Lipinski definition) is 4. The summed E-state index contributed by atoms with van der Waals surface area (Å²) in [5.41, 5.74) is 1.16. The van der Waals surface area contributed by atoms with Crippen LogP contribution in [-0.2, 0) is 11.3 Å².